The number of carbonyl (C=O) groups is 2. The molecule has 136 valence electrons. The molecule has 26 heavy (non-hydrogen) atoms. The fourth-order valence-corrected chi connectivity index (χ4v) is 2.77. The number of rotatable bonds is 9. The largest absolute Gasteiger partial charge is 0.381 e. The number of benzene rings is 2. The third kappa shape index (κ3) is 5.16. The first kappa shape index (κ1) is 18.6. The fraction of sp³-hybridized carbons (Fsp3) is 0.333. The quantitative estimate of drug-likeness (QED) is 0.533. The van der Waals surface area contributed by atoms with Gasteiger partial charge in [0.2, 0.25) is 0 Å². The minimum Gasteiger partial charge on any atom is -0.381 e. The Morgan fingerprint density at radius 1 is 1.04 bits per heavy atom. The Balaban J connectivity index is 1.57. The smallest absolute Gasteiger partial charge is 0.252 e. The molecule has 0 spiro atoms. The van der Waals surface area contributed by atoms with E-state index in [1.807, 2.05) is 0 Å². The van der Waals surface area contributed by atoms with Crippen molar-refractivity contribution in [2.45, 2.75) is 19.3 Å². The van der Waals surface area contributed by atoms with Crippen molar-refractivity contribution in [3.8, 4) is 0 Å². The second kappa shape index (κ2) is 8.97. The van der Waals surface area contributed by atoms with E-state index in [-0.39, 0.29) is 11.7 Å². The van der Waals surface area contributed by atoms with Crippen LogP contribution in [0.2, 0.25) is 5.02 Å². The van der Waals surface area contributed by atoms with Crippen LogP contribution in [-0.4, -0.2) is 31.4 Å². The minimum atomic E-state index is -0.245. The zero-order valence-corrected chi connectivity index (χ0v) is 15.3. The lowest BCUT2D eigenvalue weighted by Crippen LogP contribution is -2.27. The van der Waals surface area contributed by atoms with Crippen LogP contribution >= 0.6 is 11.6 Å². The van der Waals surface area contributed by atoms with Crippen LogP contribution in [0.1, 0.15) is 45.5 Å². The van der Waals surface area contributed by atoms with Crippen molar-refractivity contribution in [2.24, 2.45) is 5.92 Å². The zero-order valence-electron chi connectivity index (χ0n) is 14.5. The molecule has 4 nitrogen and oxygen atoms in total. The van der Waals surface area contributed by atoms with E-state index in [1.165, 1.54) is 12.8 Å². The van der Waals surface area contributed by atoms with Crippen LogP contribution < -0.4 is 5.32 Å². The summed E-state index contributed by atoms with van der Waals surface area (Å²) in [6.07, 6.45) is 3.30. The number of amides is 1. The molecule has 0 unspecified atom stereocenters. The first-order valence-electron chi connectivity index (χ1n) is 8.90. The van der Waals surface area contributed by atoms with Crippen LogP contribution in [0.25, 0.3) is 0 Å². The van der Waals surface area contributed by atoms with E-state index in [2.05, 4.69) is 5.32 Å². The molecule has 3 rings (SSSR count). The molecule has 1 N–H and O–H groups in total. The Kier molecular flexibility index (Phi) is 6.42. The number of nitrogens with one attached hydrogen (secondary N) is 1. The third-order valence-electron chi connectivity index (χ3n) is 4.32. The molecule has 1 amide bonds. The van der Waals surface area contributed by atoms with Crippen molar-refractivity contribution in [1.82, 2.24) is 5.32 Å². The van der Waals surface area contributed by atoms with Gasteiger partial charge in [0.15, 0.2) is 5.78 Å². The molecular formula is C21H22ClNO3. The molecule has 0 saturated heterocycles. The predicted molar refractivity (Wildman–Crippen MR) is 102 cm³/mol. The summed E-state index contributed by atoms with van der Waals surface area (Å²) >= 11 is 5.87. The molecule has 0 radical (unpaired) electrons. The molecule has 0 aliphatic heterocycles. The lowest BCUT2D eigenvalue weighted by atomic mass is 9.98. The molecule has 5 heteroatoms. The van der Waals surface area contributed by atoms with Gasteiger partial charge in [-0.25, -0.2) is 0 Å². The Labute approximate surface area is 158 Å². The molecule has 1 aliphatic rings. The zero-order chi connectivity index (χ0) is 18.4. The number of carbonyl (C=O) groups excluding carboxylic acids is 2. The van der Waals surface area contributed by atoms with Gasteiger partial charge in [-0.05, 0) is 55.5 Å². The standard InChI is InChI=1S/C21H22ClNO3/c22-17-10-8-16(9-11-17)20(24)18-4-1-2-5-19(18)21(25)23-12-3-13-26-14-15-6-7-15/h1-2,4-5,8-11,15H,3,6-7,12-14H2,(H,23,25). The van der Waals surface area contributed by atoms with Gasteiger partial charge in [0.1, 0.15) is 0 Å². The van der Waals surface area contributed by atoms with E-state index in [1.54, 1.807) is 48.5 Å². The summed E-state index contributed by atoms with van der Waals surface area (Å²) in [7, 11) is 0. The first-order chi connectivity index (χ1) is 12.6. The summed E-state index contributed by atoms with van der Waals surface area (Å²) in [6, 6.07) is 13.5. The predicted octanol–water partition coefficient (Wildman–Crippen LogP) is 4.12. The Morgan fingerprint density at radius 2 is 1.73 bits per heavy atom. The summed E-state index contributed by atoms with van der Waals surface area (Å²) < 4.78 is 5.56. The summed E-state index contributed by atoms with van der Waals surface area (Å²) in [5.74, 6) is 0.306. The highest BCUT2D eigenvalue weighted by atomic mass is 35.5. The second-order valence-corrected chi connectivity index (χ2v) is 6.95. The number of hydrogen-bond donors (Lipinski definition) is 1. The van der Waals surface area contributed by atoms with E-state index in [0.717, 1.165) is 18.9 Å². The number of ketones is 1. The lowest BCUT2D eigenvalue weighted by Gasteiger charge is -2.10. The van der Waals surface area contributed by atoms with Gasteiger partial charge in [-0.3, -0.25) is 9.59 Å². The first-order valence-corrected chi connectivity index (χ1v) is 9.28. The average Bonchev–Trinajstić information content (AvgIpc) is 3.49. The van der Waals surface area contributed by atoms with Crippen LogP contribution in [0.3, 0.4) is 0 Å². The summed E-state index contributed by atoms with van der Waals surface area (Å²) in [5, 5.41) is 3.43. The van der Waals surface area contributed by atoms with Crippen LogP contribution in [0.5, 0.6) is 0 Å². The molecule has 0 bridgehead atoms. The van der Waals surface area contributed by atoms with Gasteiger partial charge in [-0.2, -0.15) is 0 Å². The van der Waals surface area contributed by atoms with Gasteiger partial charge < -0.3 is 10.1 Å². The monoisotopic (exact) mass is 371 g/mol. The van der Waals surface area contributed by atoms with E-state index >= 15 is 0 Å². The highest BCUT2D eigenvalue weighted by molar-refractivity contribution is 6.30. The van der Waals surface area contributed by atoms with Crippen molar-refractivity contribution >= 4 is 23.3 Å². The topological polar surface area (TPSA) is 55.4 Å². The molecule has 0 heterocycles. The van der Waals surface area contributed by atoms with Crippen LogP contribution in [0.4, 0.5) is 0 Å². The molecule has 2 aromatic carbocycles. The van der Waals surface area contributed by atoms with Gasteiger partial charge >= 0.3 is 0 Å². The van der Waals surface area contributed by atoms with Crippen molar-refractivity contribution in [3.63, 3.8) is 0 Å². The maximum Gasteiger partial charge on any atom is 0.252 e. The van der Waals surface area contributed by atoms with Gasteiger partial charge in [0.25, 0.3) is 5.91 Å². The molecule has 2 aromatic rings. The highest BCUT2D eigenvalue weighted by Gasteiger charge is 2.21. The van der Waals surface area contributed by atoms with Crippen LogP contribution in [0, 0.1) is 5.92 Å². The number of hydrogen-bond acceptors (Lipinski definition) is 3. The van der Waals surface area contributed by atoms with E-state index < -0.39 is 0 Å². The Hall–Kier alpha value is -2.17. The van der Waals surface area contributed by atoms with Crippen molar-refractivity contribution < 1.29 is 14.3 Å². The Bertz CT molecular complexity index is 769. The fourth-order valence-electron chi connectivity index (χ4n) is 2.64. The molecular weight excluding hydrogens is 350 g/mol. The maximum absolute atomic E-state index is 12.7. The van der Waals surface area contributed by atoms with Crippen molar-refractivity contribution in [2.75, 3.05) is 19.8 Å². The van der Waals surface area contributed by atoms with Crippen molar-refractivity contribution in [1.29, 1.82) is 0 Å². The van der Waals surface area contributed by atoms with Gasteiger partial charge in [0.05, 0.1) is 5.56 Å². The number of ether oxygens (including phenoxy) is 1. The van der Waals surface area contributed by atoms with Gasteiger partial charge in [-0.1, -0.05) is 29.8 Å². The Morgan fingerprint density at radius 3 is 2.42 bits per heavy atom. The molecule has 1 aliphatic carbocycles. The summed E-state index contributed by atoms with van der Waals surface area (Å²) in [5.41, 5.74) is 1.27. The van der Waals surface area contributed by atoms with E-state index in [4.69, 9.17) is 16.3 Å². The summed E-state index contributed by atoms with van der Waals surface area (Å²) in [6.45, 7) is 1.99. The third-order valence-corrected chi connectivity index (χ3v) is 4.58. The van der Waals surface area contributed by atoms with Gasteiger partial charge in [0, 0.05) is 35.9 Å². The minimum absolute atomic E-state index is 0.194. The highest BCUT2D eigenvalue weighted by Crippen LogP contribution is 2.28. The lowest BCUT2D eigenvalue weighted by molar-refractivity contribution is 0.0927. The van der Waals surface area contributed by atoms with Crippen LogP contribution in [0.15, 0.2) is 48.5 Å². The molecule has 0 atom stereocenters. The maximum atomic E-state index is 12.7. The van der Waals surface area contributed by atoms with Crippen molar-refractivity contribution in [3.05, 3.63) is 70.2 Å². The molecule has 0 aromatic heterocycles. The molecule has 1 saturated carbocycles. The van der Waals surface area contributed by atoms with E-state index in [9.17, 15) is 9.59 Å². The average molecular weight is 372 g/mol. The molecule has 1 fully saturated rings. The second-order valence-electron chi connectivity index (χ2n) is 6.51. The SMILES string of the molecule is O=C(NCCCOCC1CC1)c1ccccc1C(=O)c1ccc(Cl)cc1. The summed E-state index contributed by atoms with van der Waals surface area (Å²) in [4.78, 5) is 25.2. The van der Waals surface area contributed by atoms with Gasteiger partial charge in [-0.15, -0.1) is 0 Å². The number of halogens is 1. The van der Waals surface area contributed by atoms with Crippen LogP contribution in [-0.2, 0) is 4.74 Å². The normalized spacial score (nSPS) is 13.4. The van der Waals surface area contributed by atoms with E-state index in [0.29, 0.717) is 34.9 Å².